The molecule has 3 aromatic rings. The molecule has 1 aromatic heterocycles. The fraction of sp³-hybridized carbons (Fsp3) is 0. The van der Waals surface area contributed by atoms with Crippen molar-refractivity contribution < 1.29 is 14.6 Å². The highest BCUT2D eigenvalue weighted by Gasteiger charge is 2.19. The zero-order valence-corrected chi connectivity index (χ0v) is 13.9. The predicted molar refractivity (Wildman–Crippen MR) is 96.8 cm³/mol. The van der Waals surface area contributed by atoms with E-state index in [4.69, 9.17) is 11.6 Å². The van der Waals surface area contributed by atoms with E-state index in [9.17, 15) is 10.0 Å². The number of amides is 2. The van der Waals surface area contributed by atoms with Gasteiger partial charge in [0.1, 0.15) is 0 Å². The summed E-state index contributed by atoms with van der Waals surface area (Å²) in [4.78, 5) is 12.1. The summed E-state index contributed by atoms with van der Waals surface area (Å²) < 4.78 is 4.64. The normalized spacial score (nSPS) is 11.0. The Bertz CT molecular complexity index is 928. The molecule has 0 aliphatic carbocycles. The predicted octanol–water partition coefficient (Wildman–Crippen LogP) is 3.61. The minimum absolute atomic E-state index is 0.00990. The molecule has 3 rings (SSSR count). The number of anilines is 3. The van der Waals surface area contributed by atoms with Gasteiger partial charge < -0.3 is 15.8 Å². The summed E-state index contributed by atoms with van der Waals surface area (Å²) in [7, 11) is 0. The molecule has 0 spiro atoms. The van der Waals surface area contributed by atoms with E-state index in [1.54, 1.807) is 48.5 Å². The highest BCUT2D eigenvalue weighted by atomic mass is 35.5. The van der Waals surface area contributed by atoms with Crippen molar-refractivity contribution in [2.45, 2.75) is 0 Å². The molecule has 26 heavy (non-hydrogen) atoms. The summed E-state index contributed by atoms with van der Waals surface area (Å²) in [5.41, 5.74) is 1.15. The van der Waals surface area contributed by atoms with Crippen molar-refractivity contribution in [2.24, 2.45) is 5.16 Å². The Hall–Kier alpha value is -3.59. The maximum Gasteiger partial charge on any atom is 0.325 e. The van der Waals surface area contributed by atoms with Crippen LogP contribution >= 0.6 is 11.6 Å². The first-order chi connectivity index (χ1) is 12.7. The number of benzene rings is 2. The van der Waals surface area contributed by atoms with Crippen LogP contribution in [-0.2, 0) is 0 Å². The van der Waals surface area contributed by atoms with E-state index in [2.05, 4.69) is 36.0 Å². The van der Waals surface area contributed by atoms with Gasteiger partial charge in [-0.05, 0) is 40.6 Å². The number of urea groups is 1. The number of halogens is 1. The molecule has 132 valence electrons. The van der Waals surface area contributed by atoms with Crippen LogP contribution in [0.25, 0.3) is 0 Å². The third-order valence-corrected chi connectivity index (χ3v) is 3.40. The molecule has 0 unspecified atom stereocenters. The second-order valence-corrected chi connectivity index (χ2v) is 5.43. The van der Waals surface area contributed by atoms with Crippen LogP contribution in [0.5, 0.6) is 0 Å². The lowest BCUT2D eigenvalue weighted by atomic mass is 10.3. The summed E-state index contributed by atoms with van der Waals surface area (Å²) in [6.45, 7) is 0. The standard InChI is InChI=1S/C16H13ClN6O3/c17-10-5-4-8-12(9-10)18-14(21-25)13-15(23-26-22-13)20-16(24)19-11-6-2-1-3-7-11/h1-9,25H,(H,18,21)(H2,19,20,23,24). The van der Waals surface area contributed by atoms with Crippen LogP contribution in [0.2, 0.25) is 5.02 Å². The minimum Gasteiger partial charge on any atom is -0.409 e. The zero-order valence-electron chi connectivity index (χ0n) is 13.2. The Labute approximate surface area is 152 Å². The van der Waals surface area contributed by atoms with Crippen LogP contribution in [0.3, 0.4) is 0 Å². The molecule has 0 aliphatic heterocycles. The SMILES string of the molecule is O=C(Nc1ccccc1)Nc1nonc1C(=NO)Nc1cccc(Cl)c1. The molecule has 0 bridgehead atoms. The monoisotopic (exact) mass is 372 g/mol. The van der Waals surface area contributed by atoms with E-state index in [1.807, 2.05) is 6.07 Å². The smallest absolute Gasteiger partial charge is 0.325 e. The van der Waals surface area contributed by atoms with Gasteiger partial charge in [0.05, 0.1) is 0 Å². The second-order valence-electron chi connectivity index (χ2n) is 4.99. The molecular weight excluding hydrogens is 360 g/mol. The molecule has 1 heterocycles. The highest BCUT2D eigenvalue weighted by Crippen LogP contribution is 2.18. The van der Waals surface area contributed by atoms with Gasteiger partial charge in [-0.3, -0.25) is 5.32 Å². The van der Waals surface area contributed by atoms with Crippen LogP contribution < -0.4 is 16.0 Å². The number of carbonyl (C=O) groups excluding carboxylic acids is 1. The van der Waals surface area contributed by atoms with Gasteiger partial charge >= 0.3 is 6.03 Å². The number of para-hydroxylation sites is 1. The van der Waals surface area contributed by atoms with Crippen LogP contribution in [0.15, 0.2) is 64.4 Å². The molecule has 0 saturated heterocycles. The number of carbonyl (C=O) groups is 1. The van der Waals surface area contributed by atoms with Gasteiger partial charge in [0.25, 0.3) is 0 Å². The average molecular weight is 373 g/mol. The average Bonchev–Trinajstić information content (AvgIpc) is 3.08. The Morgan fingerprint density at radius 1 is 1.00 bits per heavy atom. The number of rotatable bonds is 4. The maximum atomic E-state index is 12.1. The molecule has 9 nitrogen and oxygen atoms in total. The molecule has 0 fully saturated rings. The largest absolute Gasteiger partial charge is 0.409 e. The Balaban J connectivity index is 1.73. The molecule has 2 amide bonds. The maximum absolute atomic E-state index is 12.1. The number of aromatic nitrogens is 2. The van der Waals surface area contributed by atoms with Crippen molar-refractivity contribution >= 4 is 40.7 Å². The van der Waals surface area contributed by atoms with E-state index in [0.717, 1.165) is 0 Å². The first kappa shape index (κ1) is 17.2. The summed E-state index contributed by atoms with van der Waals surface area (Å²) in [6, 6.07) is 15.0. The van der Waals surface area contributed by atoms with E-state index in [0.29, 0.717) is 16.4 Å². The fourth-order valence-corrected chi connectivity index (χ4v) is 2.24. The third-order valence-electron chi connectivity index (χ3n) is 3.16. The van der Waals surface area contributed by atoms with Crippen molar-refractivity contribution in [3.8, 4) is 0 Å². The molecule has 0 atom stereocenters. The van der Waals surface area contributed by atoms with Gasteiger partial charge in [0, 0.05) is 16.4 Å². The molecule has 0 aliphatic rings. The van der Waals surface area contributed by atoms with Crippen molar-refractivity contribution in [3.05, 3.63) is 65.3 Å². The van der Waals surface area contributed by atoms with E-state index < -0.39 is 6.03 Å². The fourth-order valence-electron chi connectivity index (χ4n) is 2.05. The molecule has 0 radical (unpaired) electrons. The number of hydrogen-bond acceptors (Lipinski definition) is 6. The Kier molecular flexibility index (Phi) is 5.30. The first-order valence-electron chi connectivity index (χ1n) is 7.36. The van der Waals surface area contributed by atoms with Crippen LogP contribution in [0.4, 0.5) is 22.0 Å². The van der Waals surface area contributed by atoms with Crippen LogP contribution in [0, 0.1) is 0 Å². The minimum atomic E-state index is -0.562. The lowest BCUT2D eigenvalue weighted by Crippen LogP contribution is -2.23. The summed E-state index contributed by atoms with van der Waals surface area (Å²) in [6.07, 6.45) is 0. The topological polar surface area (TPSA) is 125 Å². The van der Waals surface area contributed by atoms with E-state index in [-0.39, 0.29) is 17.3 Å². The van der Waals surface area contributed by atoms with Crippen LogP contribution in [0.1, 0.15) is 5.69 Å². The highest BCUT2D eigenvalue weighted by molar-refractivity contribution is 6.31. The lowest BCUT2D eigenvalue weighted by molar-refractivity contribution is 0.261. The molecule has 2 aromatic carbocycles. The van der Waals surface area contributed by atoms with Gasteiger partial charge in [-0.15, -0.1) is 0 Å². The second kappa shape index (κ2) is 7.99. The molecule has 10 heteroatoms. The van der Waals surface area contributed by atoms with Crippen molar-refractivity contribution in [1.29, 1.82) is 0 Å². The van der Waals surface area contributed by atoms with Crippen molar-refractivity contribution in [2.75, 3.05) is 16.0 Å². The zero-order chi connectivity index (χ0) is 18.4. The number of amidine groups is 1. The molecular formula is C16H13ClN6O3. The number of nitrogens with one attached hydrogen (secondary N) is 3. The summed E-state index contributed by atoms with van der Waals surface area (Å²) in [5, 5.41) is 28.1. The number of hydrogen-bond donors (Lipinski definition) is 4. The van der Waals surface area contributed by atoms with Gasteiger partial charge in [-0.2, -0.15) is 0 Å². The van der Waals surface area contributed by atoms with Crippen molar-refractivity contribution in [1.82, 2.24) is 10.3 Å². The van der Waals surface area contributed by atoms with Gasteiger partial charge in [0.15, 0.2) is 5.69 Å². The molecule has 0 saturated carbocycles. The van der Waals surface area contributed by atoms with Gasteiger partial charge in [-0.25, -0.2) is 9.42 Å². The van der Waals surface area contributed by atoms with E-state index in [1.165, 1.54) is 0 Å². The molecule has 4 N–H and O–H groups in total. The third kappa shape index (κ3) is 4.28. The number of oxime groups is 1. The van der Waals surface area contributed by atoms with Gasteiger partial charge in [0.2, 0.25) is 11.7 Å². The van der Waals surface area contributed by atoms with E-state index >= 15 is 0 Å². The van der Waals surface area contributed by atoms with Gasteiger partial charge in [-0.1, -0.05) is 41.0 Å². The first-order valence-corrected chi connectivity index (χ1v) is 7.74. The Morgan fingerprint density at radius 3 is 2.50 bits per heavy atom. The summed E-state index contributed by atoms with van der Waals surface area (Å²) >= 11 is 5.92. The Morgan fingerprint density at radius 2 is 1.77 bits per heavy atom. The van der Waals surface area contributed by atoms with Crippen molar-refractivity contribution in [3.63, 3.8) is 0 Å². The summed E-state index contributed by atoms with van der Waals surface area (Å²) in [5.74, 6) is -0.107. The number of nitrogens with zero attached hydrogens (tertiary/aromatic N) is 3. The lowest BCUT2D eigenvalue weighted by Gasteiger charge is -2.08. The van der Waals surface area contributed by atoms with Crippen LogP contribution in [-0.4, -0.2) is 27.4 Å². The quantitative estimate of drug-likeness (QED) is 0.240.